The first-order valence-electron chi connectivity index (χ1n) is 5.72. The molecule has 18 heavy (non-hydrogen) atoms. The zero-order chi connectivity index (χ0) is 13.3. The molecule has 0 radical (unpaired) electrons. The Morgan fingerprint density at radius 3 is 2.56 bits per heavy atom. The van der Waals surface area contributed by atoms with Crippen molar-refractivity contribution in [3.8, 4) is 0 Å². The van der Waals surface area contributed by atoms with Crippen LogP contribution in [0.2, 0.25) is 4.34 Å². The molecule has 0 spiro atoms. The molecule has 0 saturated carbocycles. The number of hydrogen-bond donors (Lipinski definition) is 1. The molecule has 2 rings (SSSR count). The monoisotopic (exact) mass is 391 g/mol. The molecule has 0 saturated heterocycles. The molecule has 1 atom stereocenters. The summed E-state index contributed by atoms with van der Waals surface area (Å²) in [6.07, 6.45) is 0. The maximum absolute atomic E-state index is 6.18. The van der Waals surface area contributed by atoms with Crippen LogP contribution in [0.25, 0.3) is 0 Å². The number of halogens is 2. The Kier molecular flexibility index (Phi) is 4.69. The molecule has 0 aliphatic carbocycles. The molecule has 0 aliphatic rings. The van der Waals surface area contributed by atoms with Gasteiger partial charge in [0.05, 0.1) is 10.4 Å². The second kappa shape index (κ2) is 5.90. The van der Waals surface area contributed by atoms with E-state index in [4.69, 9.17) is 11.6 Å². The van der Waals surface area contributed by atoms with Crippen LogP contribution in [-0.2, 0) is 0 Å². The van der Waals surface area contributed by atoms with Gasteiger partial charge >= 0.3 is 0 Å². The van der Waals surface area contributed by atoms with Crippen LogP contribution in [0.3, 0.4) is 0 Å². The summed E-state index contributed by atoms with van der Waals surface area (Å²) in [7, 11) is 1.99. The Bertz CT molecular complexity index is 545. The van der Waals surface area contributed by atoms with Crippen molar-refractivity contribution in [2.24, 2.45) is 0 Å². The third-order valence-electron chi connectivity index (χ3n) is 2.98. The summed E-state index contributed by atoms with van der Waals surface area (Å²) in [5.74, 6) is 0. The van der Waals surface area contributed by atoms with E-state index in [0.717, 1.165) is 9.90 Å². The van der Waals surface area contributed by atoms with Gasteiger partial charge in [0, 0.05) is 8.45 Å². The van der Waals surface area contributed by atoms with Gasteiger partial charge < -0.3 is 5.32 Å². The van der Waals surface area contributed by atoms with Crippen LogP contribution >= 0.6 is 45.5 Å². The van der Waals surface area contributed by atoms with E-state index in [1.165, 1.54) is 19.6 Å². The van der Waals surface area contributed by atoms with E-state index < -0.39 is 0 Å². The summed E-state index contributed by atoms with van der Waals surface area (Å²) in [5.41, 5.74) is 3.78. The maximum Gasteiger partial charge on any atom is 0.0961 e. The minimum Gasteiger partial charge on any atom is -0.309 e. The fourth-order valence-corrected chi connectivity index (χ4v) is 3.99. The van der Waals surface area contributed by atoms with Gasteiger partial charge in [-0.3, -0.25) is 0 Å². The topological polar surface area (TPSA) is 12.0 Å². The summed E-state index contributed by atoms with van der Waals surface area (Å²) in [6.45, 7) is 4.20. The van der Waals surface area contributed by atoms with Crippen LogP contribution in [0.5, 0.6) is 0 Å². The van der Waals surface area contributed by atoms with Crippen molar-refractivity contribution in [2.45, 2.75) is 19.9 Å². The van der Waals surface area contributed by atoms with Crippen LogP contribution in [0.15, 0.2) is 24.3 Å². The Morgan fingerprint density at radius 1 is 1.28 bits per heavy atom. The second-order valence-corrected chi connectivity index (χ2v) is 7.07. The summed E-state index contributed by atoms with van der Waals surface area (Å²) in [6, 6.07) is 8.82. The average Bonchev–Trinajstić information content (AvgIpc) is 2.66. The van der Waals surface area contributed by atoms with E-state index >= 15 is 0 Å². The predicted octanol–water partition coefficient (Wildman–Crippen LogP) is 4.93. The van der Waals surface area contributed by atoms with Crippen molar-refractivity contribution in [3.63, 3.8) is 0 Å². The molecule has 1 N–H and O–H groups in total. The molecule has 0 amide bonds. The van der Waals surface area contributed by atoms with Crippen molar-refractivity contribution < 1.29 is 0 Å². The first-order valence-corrected chi connectivity index (χ1v) is 8.00. The standard InChI is InChI=1S/C14H15ClINS/c1-8-5-4-6-10(12(8)16)13(17-3)11-7-9(2)14(15)18-11/h4-7,13,17H,1-3H3. The van der Waals surface area contributed by atoms with Crippen molar-refractivity contribution >= 4 is 45.5 Å². The second-order valence-electron chi connectivity index (χ2n) is 4.31. The molecule has 96 valence electrons. The normalized spacial score (nSPS) is 12.7. The number of aryl methyl sites for hydroxylation is 2. The highest BCUT2D eigenvalue weighted by Crippen LogP contribution is 2.35. The van der Waals surface area contributed by atoms with Crippen LogP contribution < -0.4 is 5.32 Å². The van der Waals surface area contributed by atoms with Crippen LogP contribution in [0.4, 0.5) is 0 Å². The van der Waals surface area contributed by atoms with Gasteiger partial charge in [0.25, 0.3) is 0 Å². The molecule has 0 fully saturated rings. The Labute approximate surface area is 131 Å². The van der Waals surface area contributed by atoms with Gasteiger partial charge in [-0.1, -0.05) is 29.8 Å². The number of thiophene rings is 1. The van der Waals surface area contributed by atoms with Gasteiger partial charge in [0.2, 0.25) is 0 Å². The minimum absolute atomic E-state index is 0.216. The lowest BCUT2D eigenvalue weighted by molar-refractivity contribution is 0.699. The molecule has 2 aromatic rings. The highest BCUT2D eigenvalue weighted by molar-refractivity contribution is 14.1. The zero-order valence-electron chi connectivity index (χ0n) is 10.6. The fraction of sp³-hybridized carbons (Fsp3) is 0.286. The number of benzene rings is 1. The SMILES string of the molecule is CNC(c1cc(C)c(Cl)s1)c1cccc(C)c1I. The molecular formula is C14H15ClINS. The third kappa shape index (κ3) is 2.74. The van der Waals surface area contributed by atoms with Crippen LogP contribution in [-0.4, -0.2) is 7.05 Å². The van der Waals surface area contributed by atoms with E-state index in [2.05, 4.69) is 66.0 Å². The fourth-order valence-electron chi connectivity index (χ4n) is 1.97. The first-order chi connectivity index (χ1) is 8.54. The summed E-state index contributed by atoms with van der Waals surface area (Å²) < 4.78 is 2.20. The van der Waals surface area contributed by atoms with E-state index in [1.54, 1.807) is 11.3 Å². The van der Waals surface area contributed by atoms with Crippen LogP contribution in [0.1, 0.15) is 27.6 Å². The largest absolute Gasteiger partial charge is 0.309 e. The summed E-state index contributed by atoms with van der Waals surface area (Å²) in [4.78, 5) is 1.27. The molecule has 1 heterocycles. The van der Waals surface area contributed by atoms with Gasteiger partial charge in [0.15, 0.2) is 0 Å². The van der Waals surface area contributed by atoms with E-state index in [9.17, 15) is 0 Å². The Balaban J connectivity index is 2.48. The Morgan fingerprint density at radius 2 is 2.00 bits per heavy atom. The molecule has 4 heteroatoms. The highest BCUT2D eigenvalue weighted by Gasteiger charge is 2.18. The lowest BCUT2D eigenvalue weighted by Crippen LogP contribution is -2.18. The van der Waals surface area contributed by atoms with Gasteiger partial charge in [-0.25, -0.2) is 0 Å². The molecular weight excluding hydrogens is 377 g/mol. The predicted molar refractivity (Wildman–Crippen MR) is 88.9 cm³/mol. The van der Waals surface area contributed by atoms with E-state index in [1.807, 2.05) is 7.05 Å². The minimum atomic E-state index is 0.216. The van der Waals surface area contributed by atoms with Gasteiger partial charge in [-0.2, -0.15) is 0 Å². The quantitative estimate of drug-likeness (QED) is 0.731. The van der Waals surface area contributed by atoms with Crippen molar-refractivity contribution in [1.82, 2.24) is 5.32 Å². The first kappa shape index (κ1) is 14.3. The van der Waals surface area contributed by atoms with Gasteiger partial charge in [0.1, 0.15) is 0 Å². The number of nitrogens with one attached hydrogen (secondary N) is 1. The van der Waals surface area contributed by atoms with Crippen molar-refractivity contribution in [2.75, 3.05) is 7.05 Å². The molecule has 1 nitrogen and oxygen atoms in total. The number of rotatable bonds is 3. The lowest BCUT2D eigenvalue weighted by atomic mass is 10.0. The molecule has 1 aromatic heterocycles. The Hall–Kier alpha value is -0.100. The van der Waals surface area contributed by atoms with Gasteiger partial charge in [-0.05, 0) is 66.2 Å². The van der Waals surface area contributed by atoms with Crippen molar-refractivity contribution in [1.29, 1.82) is 0 Å². The lowest BCUT2D eigenvalue weighted by Gasteiger charge is -2.17. The summed E-state index contributed by atoms with van der Waals surface area (Å²) in [5, 5.41) is 3.39. The van der Waals surface area contributed by atoms with Gasteiger partial charge in [-0.15, -0.1) is 11.3 Å². The maximum atomic E-state index is 6.18. The smallest absolute Gasteiger partial charge is 0.0961 e. The highest BCUT2D eigenvalue weighted by atomic mass is 127. The zero-order valence-corrected chi connectivity index (χ0v) is 14.3. The van der Waals surface area contributed by atoms with Crippen LogP contribution in [0, 0.1) is 17.4 Å². The molecule has 0 aliphatic heterocycles. The average molecular weight is 392 g/mol. The number of hydrogen-bond acceptors (Lipinski definition) is 2. The molecule has 0 bridgehead atoms. The summed E-state index contributed by atoms with van der Waals surface area (Å²) >= 11 is 10.3. The molecule has 1 aromatic carbocycles. The van der Waals surface area contributed by atoms with E-state index in [0.29, 0.717) is 0 Å². The van der Waals surface area contributed by atoms with Crippen molar-refractivity contribution in [3.05, 3.63) is 53.7 Å². The van der Waals surface area contributed by atoms with E-state index in [-0.39, 0.29) is 6.04 Å². The molecule has 1 unspecified atom stereocenters. The third-order valence-corrected chi connectivity index (χ3v) is 6.08.